The van der Waals surface area contributed by atoms with Crippen LogP contribution >= 0.6 is 11.6 Å². The van der Waals surface area contributed by atoms with Crippen molar-refractivity contribution in [1.82, 2.24) is 0 Å². The predicted molar refractivity (Wildman–Crippen MR) is 80.4 cm³/mol. The van der Waals surface area contributed by atoms with E-state index in [1.165, 1.54) is 0 Å². The number of aliphatic hydroxyl groups is 3. The molecule has 5 nitrogen and oxygen atoms in total. The van der Waals surface area contributed by atoms with E-state index >= 15 is 0 Å². The third-order valence-electron chi connectivity index (χ3n) is 4.84. The minimum Gasteiger partial charge on any atom is -0.390 e. The summed E-state index contributed by atoms with van der Waals surface area (Å²) in [5.74, 6) is 0. The molecule has 122 valence electrons. The lowest BCUT2D eigenvalue weighted by molar-refractivity contribution is -0.223. The van der Waals surface area contributed by atoms with Gasteiger partial charge in [-0.05, 0) is 26.3 Å². The van der Waals surface area contributed by atoms with Crippen LogP contribution in [0.25, 0.3) is 0 Å². The normalized spacial score (nSPS) is 45.4. The van der Waals surface area contributed by atoms with Crippen LogP contribution in [0, 0.1) is 0 Å². The van der Waals surface area contributed by atoms with Crippen LogP contribution in [0.5, 0.6) is 0 Å². The number of hydrogen-bond acceptors (Lipinski definition) is 5. The van der Waals surface area contributed by atoms with Crippen LogP contribution in [0.4, 0.5) is 0 Å². The van der Waals surface area contributed by atoms with E-state index in [1.807, 2.05) is 0 Å². The first-order valence-electron chi connectivity index (χ1n) is 7.32. The monoisotopic (exact) mass is 328 g/mol. The van der Waals surface area contributed by atoms with Crippen LogP contribution in [0.15, 0.2) is 28.5 Å². The summed E-state index contributed by atoms with van der Waals surface area (Å²) in [6.45, 7) is 8.95. The van der Waals surface area contributed by atoms with E-state index in [-0.39, 0.29) is 10.6 Å². The molecule has 1 aliphatic carbocycles. The molecule has 6 heteroatoms. The number of rotatable bonds is 1. The van der Waals surface area contributed by atoms with Crippen molar-refractivity contribution in [1.29, 1.82) is 0 Å². The first-order valence-corrected chi connectivity index (χ1v) is 7.70. The fraction of sp³-hybridized carbons (Fsp3) is 0.688. The Morgan fingerprint density at radius 1 is 1.23 bits per heavy atom. The average Bonchev–Trinajstić information content (AvgIpc) is 3.13. The highest BCUT2D eigenvalue weighted by molar-refractivity contribution is 6.31. The quantitative estimate of drug-likeness (QED) is 0.380. The van der Waals surface area contributed by atoms with Gasteiger partial charge in [-0.15, -0.1) is 0 Å². The first-order chi connectivity index (χ1) is 10.1. The van der Waals surface area contributed by atoms with Gasteiger partial charge >= 0.3 is 0 Å². The molecular weight excluding hydrogens is 308 g/mol. The fourth-order valence-corrected chi connectivity index (χ4v) is 3.42. The number of allylic oxidation sites excluding steroid dienone is 1. The smallest absolute Gasteiger partial charge is 0.129 e. The standard InChI is InChI=1S/C16H21ClO5/c1-7(2)9(17)5-8-11(19)13-16(14(22-16)12(8)20)6-10(18)15(3,4)21-13/h10-14,18-20H,1,6H2,2-4H3. The molecule has 0 amide bonds. The molecule has 3 aliphatic rings. The van der Waals surface area contributed by atoms with Gasteiger partial charge in [0.05, 0.1) is 16.7 Å². The highest BCUT2D eigenvalue weighted by Crippen LogP contribution is 2.57. The van der Waals surface area contributed by atoms with Crippen molar-refractivity contribution in [3.63, 3.8) is 0 Å². The molecule has 3 fully saturated rings. The summed E-state index contributed by atoms with van der Waals surface area (Å²) < 4.78 is 11.6. The molecule has 2 saturated heterocycles. The van der Waals surface area contributed by atoms with Gasteiger partial charge in [0.2, 0.25) is 0 Å². The van der Waals surface area contributed by atoms with Gasteiger partial charge in [-0.1, -0.05) is 23.9 Å². The molecule has 0 radical (unpaired) electrons. The predicted octanol–water partition coefficient (Wildman–Crippen LogP) is 1.01. The van der Waals surface area contributed by atoms with Crippen LogP contribution in [0.2, 0.25) is 0 Å². The van der Waals surface area contributed by atoms with Crippen LogP contribution in [0.1, 0.15) is 27.2 Å². The van der Waals surface area contributed by atoms with E-state index in [0.717, 1.165) is 0 Å². The van der Waals surface area contributed by atoms with Gasteiger partial charge in [-0.2, -0.15) is 0 Å². The molecular formula is C16H21ClO5. The fourth-order valence-electron chi connectivity index (χ4n) is 3.31. The van der Waals surface area contributed by atoms with Crippen molar-refractivity contribution in [2.75, 3.05) is 0 Å². The lowest BCUT2D eigenvalue weighted by Gasteiger charge is -2.47. The first kappa shape index (κ1) is 16.2. The molecule has 1 saturated carbocycles. The summed E-state index contributed by atoms with van der Waals surface area (Å²) >= 11 is 6.03. The van der Waals surface area contributed by atoms with Gasteiger partial charge in [0.1, 0.15) is 30.0 Å². The number of hydrogen-bond donors (Lipinski definition) is 3. The summed E-state index contributed by atoms with van der Waals surface area (Å²) in [4.78, 5) is 0. The second-order valence-corrected chi connectivity index (χ2v) is 7.30. The Morgan fingerprint density at radius 2 is 1.77 bits per heavy atom. The zero-order valence-corrected chi connectivity index (χ0v) is 13.6. The van der Waals surface area contributed by atoms with E-state index in [2.05, 4.69) is 12.3 Å². The van der Waals surface area contributed by atoms with Gasteiger partial charge in [-0.3, -0.25) is 0 Å². The van der Waals surface area contributed by atoms with Gasteiger partial charge < -0.3 is 24.8 Å². The zero-order chi connectivity index (χ0) is 16.4. The van der Waals surface area contributed by atoms with Crippen molar-refractivity contribution >= 4 is 11.6 Å². The largest absolute Gasteiger partial charge is 0.390 e. The molecule has 2 heterocycles. The minimum absolute atomic E-state index is 0.239. The lowest BCUT2D eigenvalue weighted by atomic mass is 9.72. The maximum atomic E-state index is 10.6. The molecule has 22 heavy (non-hydrogen) atoms. The molecule has 3 N–H and O–H groups in total. The molecule has 0 bridgehead atoms. The molecule has 0 aromatic heterocycles. The van der Waals surface area contributed by atoms with E-state index in [1.54, 1.807) is 20.8 Å². The molecule has 3 rings (SSSR count). The topological polar surface area (TPSA) is 82.5 Å². The van der Waals surface area contributed by atoms with Crippen LogP contribution in [-0.4, -0.2) is 57.0 Å². The van der Waals surface area contributed by atoms with Crippen LogP contribution < -0.4 is 0 Å². The van der Waals surface area contributed by atoms with E-state index in [0.29, 0.717) is 12.0 Å². The summed E-state index contributed by atoms with van der Waals surface area (Å²) in [5.41, 5.74) is 2.00. The van der Waals surface area contributed by atoms with Crippen molar-refractivity contribution in [3.05, 3.63) is 28.5 Å². The minimum atomic E-state index is -1.10. The lowest BCUT2D eigenvalue weighted by Crippen LogP contribution is -2.63. The van der Waals surface area contributed by atoms with Crippen LogP contribution in [-0.2, 0) is 9.47 Å². The highest BCUT2D eigenvalue weighted by Gasteiger charge is 2.74. The third-order valence-corrected chi connectivity index (χ3v) is 5.25. The highest BCUT2D eigenvalue weighted by atomic mass is 35.5. The molecule has 0 aromatic rings. The van der Waals surface area contributed by atoms with E-state index in [4.69, 9.17) is 21.1 Å². The Bertz CT molecular complexity index is 591. The number of halogens is 1. The van der Waals surface area contributed by atoms with E-state index < -0.39 is 41.7 Å². The Labute approximate surface area is 134 Å². The Hall–Kier alpha value is -0.650. The van der Waals surface area contributed by atoms with Gasteiger partial charge in [0, 0.05) is 12.0 Å². The molecule has 6 unspecified atom stereocenters. The van der Waals surface area contributed by atoms with Crippen LogP contribution in [0.3, 0.4) is 0 Å². The maximum Gasteiger partial charge on any atom is 0.129 e. The SMILES string of the molecule is C=C(C)C(Cl)=C=C1C(O)C2OC(C)(C)C(O)CC23OC3C1O. The second-order valence-electron chi connectivity index (χ2n) is 6.92. The summed E-state index contributed by atoms with van der Waals surface area (Å²) in [5, 5.41) is 31.5. The van der Waals surface area contributed by atoms with Gasteiger partial charge in [-0.25, -0.2) is 0 Å². The molecule has 2 aliphatic heterocycles. The number of epoxide rings is 1. The van der Waals surface area contributed by atoms with Crippen molar-refractivity contribution in [2.45, 2.75) is 68.9 Å². The summed E-state index contributed by atoms with van der Waals surface area (Å²) in [7, 11) is 0. The maximum absolute atomic E-state index is 10.6. The van der Waals surface area contributed by atoms with Crippen molar-refractivity contribution in [3.8, 4) is 0 Å². The Kier molecular flexibility index (Phi) is 3.63. The zero-order valence-electron chi connectivity index (χ0n) is 12.8. The molecule has 0 aromatic carbocycles. The Morgan fingerprint density at radius 3 is 2.32 bits per heavy atom. The summed E-state index contributed by atoms with van der Waals surface area (Å²) in [6, 6.07) is 0. The number of aliphatic hydroxyl groups excluding tert-OH is 3. The molecule has 1 spiro atoms. The molecule has 6 atom stereocenters. The summed E-state index contributed by atoms with van der Waals surface area (Å²) in [6.07, 6.45) is -3.74. The van der Waals surface area contributed by atoms with Gasteiger partial charge in [0.15, 0.2) is 0 Å². The van der Waals surface area contributed by atoms with E-state index in [9.17, 15) is 15.3 Å². The number of ether oxygens (including phenoxy) is 2. The second kappa shape index (κ2) is 4.92. The average molecular weight is 329 g/mol. The third kappa shape index (κ3) is 2.21. The van der Waals surface area contributed by atoms with Crippen molar-refractivity contribution in [2.24, 2.45) is 0 Å². The van der Waals surface area contributed by atoms with Crippen molar-refractivity contribution < 1.29 is 24.8 Å². The Balaban J connectivity index is 2.02. The van der Waals surface area contributed by atoms with Gasteiger partial charge in [0.25, 0.3) is 0 Å².